The van der Waals surface area contributed by atoms with Crippen LogP contribution >= 0.6 is 0 Å². The molecular formula is C18H24N2O3. The highest BCUT2D eigenvalue weighted by molar-refractivity contribution is 5.92. The Hall–Kier alpha value is -1.88. The molecule has 5 nitrogen and oxygen atoms in total. The Labute approximate surface area is 137 Å². The van der Waals surface area contributed by atoms with Gasteiger partial charge in [0.15, 0.2) is 0 Å². The number of ether oxygens (including phenoxy) is 1. The standard InChI is InChI=1S/C18H24N2O3/c1-12(2)20-16(21)10-13-6-3-4-8-15(13)17(20)18(22)19-11-14-7-5-9-23-14/h3-4,6,8,12,14,17H,5,7,9-11H2,1-2H3,(H,19,22)/t14-,17+/m0/s1. The van der Waals surface area contributed by atoms with Crippen molar-refractivity contribution in [3.8, 4) is 0 Å². The van der Waals surface area contributed by atoms with Crippen LogP contribution in [-0.4, -0.2) is 42.0 Å². The molecule has 2 amide bonds. The van der Waals surface area contributed by atoms with E-state index < -0.39 is 6.04 Å². The van der Waals surface area contributed by atoms with E-state index in [9.17, 15) is 9.59 Å². The van der Waals surface area contributed by atoms with E-state index in [1.165, 1.54) is 0 Å². The van der Waals surface area contributed by atoms with Gasteiger partial charge in [0, 0.05) is 19.2 Å². The molecule has 3 rings (SSSR count). The second-order valence-corrected chi connectivity index (χ2v) is 6.55. The first kappa shape index (κ1) is 16.0. The molecule has 0 radical (unpaired) electrons. The minimum absolute atomic E-state index is 0.0102. The lowest BCUT2D eigenvalue weighted by Crippen LogP contribution is -2.51. The van der Waals surface area contributed by atoms with E-state index in [2.05, 4.69) is 5.32 Å². The molecule has 1 aromatic carbocycles. The summed E-state index contributed by atoms with van der Waals surface area (Å²) in [5.41, 5.74) is 1.89. The lowest BCUT2D eigenvalue weighted by molar-refractivity contribution is -0.143. The third-order valence-corrected chi connectivity index (χ3v) is 4.59. The number of nitrogens with zero attached hydrogens (tertiary/aromatic N) is 1. The summed E-state index contributed by atoms with van der Waals surface area (Å²) in [5, 5.41) is 2.98. The maximum atomic E-state index is 12.8. The van der Waals surface area contributed by atoms with Crippen molar-refractivity contribution in [3.05, 3.63) is 35.4 Å². The molecule has 0 aliphatic carbocycles. The van der Waals surface area contributed by atoms with Gasteiger partial charge in [-0.05, 0) is 37.8 Å². The molecule has 0 saturated carbocycles. The van der Waals surface area contributed by atoms with E-state index in [1.807, 2.05) is 38.1 Å². The Morgan fingerprint density at radius 1 is 1.39 bits per heavy atom. The molecule has 23 heavy (non-hydrogen) atoms. The molecule has 1 aromatic rings. The van der Waals surface area contributed by atoms with Crippen LogP contribution in [0.25, 0.3) is 0 Å². The molecule has 124 valence electrons. The second kappa shape index (κ2) is 6.71. The molecule has 0 bridgehead atoms. The van der Waals surface area contributed by atoms with Crippen LogP contribution in [-0.2, 0) is 20.7 Å². The van der Waals surface area contributed by atoms with Gasteiger partial charge in [0.05, 0.1) is 12.5 Å². The van der Waals surface area contributed by atoms with Crippen molar-refractivity contribution in [2.24, 2.45) is 0 Å². The summed E-state index contributed by atoms with van der Waals surface area (Å²) in [6.07, 6.45) is 2.49. The quantitative estimate of drug-likeness (QED) is 0.922. The van der Waals surface area contributed by atoms with Crippen molar-refractivity contribution in [2.45, 2.75) is 51.3 Å². The molecule has 5 heteroatoms. The maximum Gasteiger partial charge on any atom is 0.247 e. The zero-order chi connectivity index (χ0) is 16.4. The number of carbonyl (C=O) groups is 2. The number of hydrogen-bond acceptors (Lipinski definition) is 3. The average molecular weight is 316 g/mol. The van der Waals surface area contributed by atoms with E-state index >= 15 is 0 Å². The van der Waals surface area contributed by atoms with E-state index in [4.69, 9.17) is 4.74 Å². The molecule has 2 heterocycles. The topological polar surface area (TPSA) is 58.6 Å². The SMILES string of the molecule is CC(C)N1C(=O)Cc2ccccc2[C@@H]1C(=O)NC[C@@H]1CCCO1. The second-order valence-electron chi connectivity index (χ2n) is 6.55. The number of hydrogen-bond donors (Lipinski definition) is 1. The Balaban J connectivity index is 1.82. The van der Waals surface area contributed by atoms with Crippen LogP contribution in [0.3, 0.4) is 0 Å². The monoisotopic (exact) mass is 316 g/mol. The number of amides is 2. The predicted octanol–water partition coefficient (Wildman–Crippen LogP) is 1.82. The Bertz CT molecular complexity index is 594. The minimum Gasteiger partial charge on any atom is -0.376 e. The van der Waals surface area contributed by atoms with E-state index in [0.717, 1.165) is 30.6 Å². The molecule has 1 saturated heterocycles. The summed E-state index contributed by atoms with van der Waals surface area (Å²) >= 11 is 0. The third kappa shape index (κ3) is 3.24. The van der Waals surface area contributed by atoms with Crippen molar-refractivity contribution in [1.82, 2.24) is 10.2 Å². The summed E-state index contributed by atoms with van der Waals surface area (Å²) in [7, 11) is 0. The molecule has 1 fully saturated rings. The van der Waals surface area contributed by atoms with Gasteiger partial charge in [-0.2, -0.15) is 0 Å². The molecule has 2 aliphatic rings. The summed E-state index contributed by atoms with van der Waals surface area (Å²) in [4.78, 5) is 27.0. The number of carbonyl (C=O) groups excluding carboxylic acids is 2. The molecule has 0 aromatic heterocycles. The highest BCUT2D eigenvalue weighted by Gasteiger charge is 2.38. The third-order valence-electron chi connectivity index (χ3n) is 4.59. The number of fused-ring (bicyclic) bond motifs is 1. The van der Waals surface area contributed by atoms with Crippen molar-refractivity contribution in [2.75, 3.05) is 13.2 Å². The normalized spacial score (nSPS) is 24.0. The van der Waals surface area contributed by atoms with Crippen LogP contribution in [0.2, 0.25) is 0 Å². The zero-order valence-electron chi connectivity index (χ0n) is 13.7. The molecular weight excluding hydrogens is 292 g/mol. The molecule has 0 unspecified atom stereocenters. The van der Waals surface area contributed by atoms with Crippen LogP contribution in [0.15, 0.2) is 24.3 Å². The molecule has 2 aliphatic heterocycles. The van der Waals surface area contributed by atoms with Gasteiger partial charge >= 0.3 is 0 Å². The minimum atomic E-state index is -0.547. The van der Waals surface area contributed by atoms with Gasteiger partial charge in [-0.3, -0.25) is 9.59 Å². The highest BCUT2D eigenvalue weighted by atomic mass is 16.5. The first-order chi connectivity index (χ1) is 11.1. The smallest absolute Gasteiger partial charge is 0.247 e. The predicted molar refractivity (Wildman–Crippen MR) is 86.9 cm³/mol. The van der Waals surface area contributed by atoms with Gasteiger partial charge in [0.2, 0.25) is 11.8 Å². The van der Waals surface area contributed by atoms with Crippen molar-refractivity contribution < 1.29 is 14.3 Å². The van der Waals surface area contributed by atoms with Crippen LogP contribution in [0.5, 0.6) is 0 Å². The van der Waals surface area contributed by atoms with Crippen LogP contribution < -0.4 is 5.32 Å². The lowest BCUT2D eigenvalue weighted by atomic mass is 9.90. The van der Waals surface area contributed by atoms with Crippen LogP contribution in [0.1, 0.15) is 43.9 Å². The van der Waals surface area contributed by atoms with Crippen LogP contribution in [0, 0.1) is 0 Å². The van der Waals surface area contributed by atoms with Crippen LogP contribution in [0.4, 0.5) is 0 Å². The van der Waals surface area contributed by atoms with Gasteiger partial charge in [-0.25, -0.2) is 0 Å². The number of benzene rings is 1. The Morgan fingerprint density at radius 3 is 2.87 bits per heavy atom. The summed E-state index contributed by atoms with van der Waals surface area (Å²) in [5.74, 6) is -0.106. The Kier molecular flexibility index (Phi) is 4.66. The average Bonchev–Trinajstić information content (AvgIpc) is 3.04. The van der Waals surface area contributed by atoms with E-state index in [0.29, 0.717) is 13.0 Å². The summed E-state index contributed by atoms with van der Waals surface area (Å²) < 4.78 is 5.56. The maximum absolute atomic E-state index is 12.8. The fourth-order valence-corrected chi connectivity index (χ4v) is 3.48. The zero-order valence-corrected chi connectivity index (χ0v) is 13.7. The first-order valence-electron chi connectivity index (χ1n) is 8.36. The van der Waals surface area contributed by atoms with Crippen molar-refractivity contribution in [1.29, 1.82) is 0 Å². The first-order valence-corrected chi connectivity index (χ1v) is 8.36. The summed E-state index contributed by atoms with van der Waals surface area (Å²) in [6.45, 7) is 5.18. The Morgan fingerprint density at radius 2 is 2.17 bits per heavy atom. The van der Waals surface area contributed by atoms with Gasteiger partial charge in [0.1, 0.15) is 6.04 Å². The molecule has 1 N–H and O–H groups in total. The van der Waals surface area contributed by atoms with E-state index in [-0.39, 0.29) is 24.0 Å². The van der Waals surface area contributed by atoms with Crippen molar-refractivity contribution >= 4 is 11.8 Å². The molecule has 0 spiro atoms. The van der Waals surface area contributed by atoms with Gasteiger partial charge in [-0.15, -0.1) is 0 Å². The largest absolute Gasteiger partial charge is 0.376 e. The number of nitrogens with one attached hydrogen (secondary N) is 1. The summed E-state index contributed by atoms with van der Waals surface area (Å²) in [6, 6.07) is 7.16. The fourth-order valence-electron chi connectivity index (χ4n) is 3.48. The molecule has 2 atom stereocenters. The fraction of sp³-hybridized carbons (Fsp3) is 0.556. The van der Waals surface area contributed by atoms with E-state index in [1.54, 1.807) is 4.90 Å². The lowest BCUT2D eigenvalue weighted by Gasteiger charge is -2.39. The van der Waals surface area contributed by atoms with Crippen molar-refractivity contribution in [3.63, 3.8) is 0 Å². The number of rotatable bonds is 4. The van der Waals surface area contributed by atoms with Gasteiger partial charge in [-0.1, -0.05) is 24.3 Å². The highest BCUT2D eigenvalue weighted by Crippen LogP contribution is 2.32. The van der Waals surface area contributed by atoms with Gasteiger partial charge < -0.3 is 15.0 Å². The van der Waals surface area contributed by atoms with Gasteiger partial charge in [0.25, 0.3) is 0 Å².